The molecule has 0 fully saturated rings. The Bertz CT molecular complexity index is 682. The molecule has 1 aliphatic rings. The van der Waals surface area contributed by atoms with Gasteiger partial charge >= 0.3 is 0 Å². The van der Waals surface area contributed by atoms with Gasteiger partial charge in [0.15, 0.2) is 0 Å². The Labute approximate surface area is 136 Å². The van der Waals surface area contributed by atoms with Gasteiger partial charge in [-0.3, -0.25) is 4.79 Å². The topological polar surface area (TPSA) is 58.1 Å². The molecular formula is C18H22N4O. The number of carbonyl (C=O) groups excluding carboxylic acids is 1. The van der Waals surface area contributed by atoms with Gasteiger partial charge in [-0.15, -0.1) is 0 Å². The van der Waals surface area contributed by atoms with E-state index in [1.54, 1.807) is 17.3 Å². The summed E-state index contributed by atoms with van der Waals surface area (Å²) in [5.74, 6) is 1.27. The second-order valence-corrected chi connectivity index (χ2v) is 6.23. The van der Waals surface area contributed by atoms with Crippen LogP contribution in [0.5, 0.6) is 0 Å². The first-order chi connectivity index (χ1) is 11.1. The summed E-state index contributed by atoms with van der Waals surface area (Å²) in [6.45, 7) is 5.93. The van der Waals surface area contributed by atoms with Crippen molar-refractivity contribution in [3.63, 3.8) is 0 Å². The van der Waals surface area contributed by atoms with Crippen LogP contribution in [-0.2, 0) is 6.42 Å². The molecule has 0 aliphatic carbocycles. The number of hydrogen-bond acceptors (Lipinski definition) is 4. The van der Waals surface area contributed by atoms with Crippen molar-refractivity contribution in [1.82, 2.24) is 9.97 Å². The van der Waals surface area contributed by atoms with E-state index in [1.165, 1.54) is 5.56 Å². The van der Waals surface area contributed by atoms with E-state index in [4.69, 9.17) is 0 Å². The molecule has 1 amide bonds. The van der Waals surface area contributed by atoms with E-state index in [0.29, 0.717) is 24.0 Å². The number of nitrogens with one attached hydrogen (secondary N) is 1. The van der Waals surface area contributed by atoms with Gasteiger partial charge in [-0.05, 0) is 30.4 Å². The van der Waals surface area contributed by atoms with Crippen molar-refractivity contribution >= 4 is 17.4 Å². The minimum atomic E-state index is -0.0869. The third-order valence-electron chi connectivity index (χ3n) is 4.03. The Balaban J connectivity index is 1.67. The standard InChI is InChI=1S/C18H22N4O/c1-13(2)7-9-19-17-12-20-15(11-21-17)18(23)22-10-8-14-5-3-4-6-16(14)22/h3-6,11-13H,7-10H2,1-2H3,(H,19,21). The summed E-state index contributed by atoms with van der Waals surface area (Å²) in [5.41, 5.74) is 2.58. The van der Waals surface area contributed by atoms with E-state index >= 15 is 0 Å². The fourth-order valence-electron chi connectivity index (χ4n) is 2.71. The lowest BCUT2D eigenvalue weighted by Crippen LogP contribution is -2.29. The van der Waals surface area contributed by atoms with Crippen LogP contribution in [0.15, 0.2) is 36.7 Å². The van der Waals surface area contributed by atoms with Gasteiger partial charge in [-0.1, -0.05) is 32.0 Å². The number of hydrogen-bond donors (Lipinski definition) is 1. The number of rotatable bonds is 5. The molecule has 23 heavy (non-hydrogen) atoms. The highest BCUT2D eigenvalue weighted by atomic mass is 16.2. The van der Waals surface area contributed by atoms with Crippen LogP contribution < -0.4 is 10.2 Å². The molecule has 0 saturated heterocycles. The Kier molecular flexibility index (Phi) is 4.55. The summed E-state index contributed by atoms with van der Waals surface area (Å²) in [7, 11) is 0. The van der Waals surface area contributed by atoms with Crippen LogP contribution in [0, 0.1) is 5.92 Å². The van der Waals surface area contributed by atoms with Crippen molar-refractivity contribution in [2.45, 2.75) is 26.7 Å². The number of para-hydroxylation sites is 1. The summed E-state index contributed by atoms with van der Waals surface area (Å²) in [6.07, 6.45) is 5.16. The number of nitrogens with zero attached hydrogens (tertiary/aromatic N) is 3. The van der Waals surface area contributed by atoms with Crippen molar-refractivity contribution in [3.05, 3.63) is 47.9 Å². The molecule has 0 radical (unpaired) electrons. The molecule has 5 nitrogen and oxygen atoms in total. The van der Waals surface area contributed by atoms with Crippen molar-refractivity contribution in [2.75, 3.05) is 23.3 Å². The van der Waals surface area contributed by atoms with Gasteiger partial charge in [0.1, 0.15) is 11.5 Å². The predicted octanol–water partition coefficient (Wildman–Crippen LogP) is 3.14. The SMILES string of the molecule is CC(C)CCNc1cnc(C(=O)N2CCc3ccccc32)cn1. The van der Waals surface area contributed by atoms with Gasteiger partial charge in [0.05, 0.1) is 12.4 Å². The molecule has 1 aliphatic heterocycles. The van der Waals surface area contributed by atoms with Gasteiger partial charge in [-0.25, -0.2) is 9.97 Å². The van der Waals surface area contributed by atoms with E-state index in [0.717, 1.165) is 25.1 Å². The first kappa shape index (κ1) is 15.5. The Morgan fingerprint density at radius 3 is 2.83 bits per heavy atom. The van der Waals surface area contributed by atoms with E-state index in [9.17, 15) is 4.79 Å². The molecule has 3 rings (SSSR count). The van der Waals surface area contributed by atoms with Crippen LogP contribution in [0.2, 0.25) is 0 Å². The van der Waals surface area contributed by atoms with E-state index in [1.807, 2.05) is 18.2 Å². The van der Waals surface area contributed by atoms with Gasteiger partial charge in [0.2, 0.25) is 0 Å². The fourth-order valence-corrected chi connectivity index (χ4v) is 2.71. The van der Waals surface area contributed by atoms with Crippen LogP contribution in [0.3, 0.4) is 0 Å². The second-order valence-electron chi connectivity index (χ2n) is 6.23. The first-order valence-electron chi connectivity index (χ1n) is 8.11. The third kappa shape index (κ3) is 3.50. The van der Waals surface area contributed by atoms with E-state index in [-0.39, 0.29) is 5.91 Å². The molecule has 0 atom stereocenters. The van der Waals surface area contributed by atoms with Crippen molar-refractivity contribution in [3.8, 4) is 0 Å². The Morgan fingerprint density at radius 2 is 2.09 bits per heavy atom. The first-order valence-corrected chi connectivity index (χ1v) is 8.11. The normalized spacial score (nSPS) is 13.3. The smallest absolute Gasteiger partial charge is 0.278 e. The summed E-state index contributed by atoms with van der Waals surface area (Å²) < 4.78 is 0. The molecule has 0 saturated carbocycles. The lowest BCUT2D eigenvalue weighted by atomic mass is 10.1. The molecule has 120 valence electrons. The number of fused-ring (bicyclic) bond motifs is 1. The lowest BCUT2D eigenvalue weighted by Gasteiger charge is -2.16. The van der Waals surface area contributed by atoms with Gasteiger partial charge in [0.25, 0.3) is 5.91 Å². The fraction of sp³-hybridized carbons (Fsp3) is 0.389. The highest BCUT2D eigenvalue weighted by Gasteiger charge is 2.26. The zero-order valence-electron chi connectivity index (χ0n) is 13.6. The van der Waals surface area contributed by atoms with Crippen molar-refractivity contribution in [1.29, 1.82) is 0 Å². The number of carbonyl (C=O) groups is 1. The molecule has 0 spiro atoms. The summed E-state index contributed by atoms with van der Waals surface area (Å²) in [5, 5.41) is 3.23. The second kappa shape index (κ2) is 6.77. The highest BCUT2D eigenvalue weighted by molar-refractivity contribution is 6.05. The van der Waals surface area contributed by atoms with Gasteiger partial charge < -0.3 is 10.2 Å². The lowest BCUT2D eigenvalue weighted by molar-refractivity contribution is 0.0984. The predicted molar refractivity (Wildman–Crippen MR) is 91.8 cm³/mol. The van der Waals surface area contributed by atoms with Crippen LogP contribution in [-0.4, -0.2) is 29.0 Å². The van der Waals surface area contributed by atoms with Crippen LogP contribution >= 0.6 is 0 Å². The minimum absolute atomic E-state index is 0.0869. The van der Waals surface area contributed by atoms with Crippen molar-refractivity contribution in [2.24, 2.45) is 5.92 Å². The average molecular weight is 310 g/mol. The molecule has 5 heteroatoms. The van der Waals surface area contributed by atoms with Crippen LogP contribution in [0.1, 0.15) is 36.3 Å². The number of aromatic nitrogens is 2. The van der Waals surface area contributed by atoms with E-state index < -0.39 is 0 Å². The molecule has 0 unspecified atom stereocenters. The van der Waals surface area contributed by atoms with Crippen LogP contribution in [0.25, 0.3) is 0 Å². The zero-order valence-corrected chi connectivity index (χ0v) is 13.6. The summed E-state index contributed by atoms with van der Waals surface area (Å²) in [6, 6.07) is 8.01. The quantitative estimate of drug-likeness (QED) is 0.922. The zero-order chi connectivity index (χ0) is 16.2. The molecule has 2 heterocycles. The maximum Gasteiger partial charge on any atom is 0.278 e. The summed E-state index contributed by atoms with van der Waals surface area (Å²) in [4.78, 5) is 23.0. The maximum atomic E-state index is 12.6. The van der Waals surface area contributed by atoms with Gasteiger partial charge in [-0.2, -0.15) is 0 Å². The number of anilines is 2. The highest BCUT2D eigenvalue weighted by Crippen LogP contribution is 2.28. The molecule has 1 aromatic heterocycles. The molecule has 1 aromatic carbocycles. The number of benzene rings is 1. The third-order valence-corrected chi connectivity index (χ3v) is 4.03. The average Bonchev–Trinajstić information content (AvgIpc) is 2.98. The largest absolute Gasteiger partial charge is 0.369 e. The monoisotopic (exact) mass is 310 g/mol. The number of amides is 1. The van der Waals surface area contributed by atoms with Gasteiger partial charge in [0, 0.05) is 18.8 Å². The maximum absolute atomic E-state index is 12.6. The van der Waals surface area contributed by atoms with Crippen molar-refractivity contribution < 1.29 is 4.79 Å². The summed E-state index contributed by atoms with van der Waals surface area (Å²) >= 11 is 0. The Hall–Kier alpha value is -2.43. The van der Waals surface area contributed by atoms with Crippen LogP contribution in [0.4, 0.5) is 11.5 Å². The molecule has 2 aromatic rings. The minimum Gasteiger partial charge on any atom is -0.369 e. The molecular weight excluding hydrogens is 288 g/mol. The molecule has 0 bridgehead atoms. The van der Waals surface area contributed by atoms with E-state index in [2.05, 4.69) is 35.2 Å². The molecule has 1 N–H and O–H groups in total. The Morgan fingerprint density at radius 1 is 1.26 bits per heavy atom.